The number of hydrogen-bond acceptors (Lipinski definition) is 4. The van der Waals surface area contributed by atoms with Crippen LogP contribution < -0.4 is 5.32 Å². The Kier molecular flexibility index (Phi) is 3.66. The number of amides is 1. The van der Waals surface area contributed by atoms with E-state index in [9.17, 15) is 9.90 Å². The van der Waals surface area contributed by atoms with Crippen molar-refractivity contribution in [1.29, 1.82) is 0 Å². The van der Waals surface area contributed by atoms with E-state index >= 15 is 0 Å². The molecule has 0 fully saturated rings. The van der Waals surface area contributed by atoms with Gasteiger partial charge in [-0.3, -0.25) is 9.89 Å². The van der Waals surface area contributed by atoms with E-state index in [4.69, 9.17) is 0 Å². The number of rotatable bonds is 4. The molecule has 0 aliphatic heterocycles. The van der Waals surface area contributed by atoms with Crippen molar-refractivity contribution in [3.8, 4) is 17.1 Å². The molecule has 25 heavy (non-hydrogen) atoms. The van der Waals surface area contributed by atoms with Gasteiger partial charge in [0.15, 0.2) is 5.65 Å². The summed E-state index contributed by atoms with van der Waals surface area (Å²) in [5, 5.41) is 20.1. The minimum Gasteiger partial charge on any atom is -0.508 e. The summed E-state index contributed by atoms with van der Waals surface area (Å²) in [6, 6.07) is 12.2. The van der Waals surface area contributed by atoms with Crippen molar-refractivity contribution in [1.82, 2.24) is 25.5 Å². The van der Waals surface area contributed by atoms with Crippen LogP contribution >= 0.6 is 0 Å². The molecule has 124 valence electrons. The van der Waals surface area contributed by atoms with Crippen molar-refractivity contribution in [3.63, 3.8) is 0 Å². The molecule has 1 amide bonds. The van der Waals surface area contributed by atoms with Gasteiger partial charge >= 0.3 is 0 Å². The van der Waals surface area contributed by atoms with E-state index in [0.29, 0.717) is 17.8 Å². The molecular weight excluding hydrogens is 318 g/mol. The average Bonchev–Trinajstić information content (AvgIpc) is 3.27. The minimum atomic E-state index is -0.183. The van der Waals surface area contributed by atoms with E-state index in [0.717, 1.165) is 22.3 Å². The van der Waals surface area contributed by atoms with Crippen LogP contribution in [0.3, 0.4) is 0 Å². The van der Waals surface area contributed by atoms with Gasteiger partial charge in [0.1, 0.15) is 5.75 Å². The lowest BCUT2D eigenvalue weighted by molar-refractivity contribution is 0.0951. The molecule has 3 heterocycles. The van der Waals surface area contributed by atoms with Gasteiger partial charge in [-0.1, -0.05) is 12.1 Å². The first-order valence-corrected chi connectivity index (χ1v) is 7.75. The maximum absolute atomic E-state index is 12.3. The second-order valence-electron chi connectivity index (χ2n) is 5.62. The van der Waals surface area contributed by atoms with Crippen molar-refractivity contribution in [3.05, 3.63) is 66.0 Å². The van der Waals surface area contributed by atoms with Crippen LogP contribution in [0.4, 0.5) is 0 Å². The number of carbonyl (C=O) groups is 1. The lowest BCUT2D eigenvalue weighted by Crippen LogP contribution is -2.22. The summed E-state index contributed by atoms with van der Waals surface area (Å²) >= 11 is 0. The Labute approximate surface area is 142 Å². The molecule has 7 heteroatoms. The van der Waals surface area contributed by atoms with E-state index in [1.165, 1.54) is 0 Å². The average molecular weight is 333 g/mol. The quantitative estimate of drug-likeness (QED) is 0.460. The highest BCUT2D eigenvalue weighted by atomic mass is 16.3. The number of nitrogens with zero attached hydrogens (tertiary/aromatic N) is 2. The molecule has 0 saturated carbocycles. The topological polar surface area (TPSA) is 107 Å². The summed E-state index contributed by atoms with van der Waals surface area (Å²) < 4.78 is 0. The number of aromatic amines is 2. The van der Waals surface area contributed by atoms with Crippen LogP contribution in [0.15, 0.2) is 54.9 Å². The third-order valence-corrected chi connectivity index (χ3v) is 3.93. The Balaban J connectivity index is 1.50. The summed E-state index contributed by atoms with van der Waals surface area (Å²) in [4.78, 5) is 19.6. The first kappa shape index (κ1) is 14.9. The van der Waals surface area contributed by atoms with Crippen molar-refractivity contribution in [2.75, 3.05) is 0 Å². The molecule has 0 saturated heterocycles. The van der Waals surface area contributed by atoms with Crippen LogP contribution in [0, 0.1) is 0 Å². The van der Waals surface area contributed by atoms with E-state index in [1.54, 1.807) is 42.7 Å². The Morgan fingerprint density at radius 2 is 2.04 bits per heavy atom. The first-order valence-electron chi connectivity index (χ1n) is 7.75. The van der Waals surface area contributed by atoms with Crippen molar-refractivity contribution in [2.45, 2.75) is 6.54 Å². The summed E-state index contributed by atoms with van der Waals surface area (Å²) in [6.45, 7) is 0.385. The molecule has 4 aromatic rings. The highest BCUT2D eigenvalue weighted by Crippen LogP contribution is 2.24. The SMILES string of the molecule is O=C(NCc1ccc(O)cc1)c1c[nH]c(-c2[nH]nc3ncccc23)c1. The van der Waals surface area contributed by atoms with Crippen molar-refractivity contribution in [2.24, 2.45) is 0 Å². The van der Waals surface area contributed by atoms with Crippen LogP contribution in [0.2, 0.25) is 0 Å². The third kappa shape index (κ3) is 2.94. The number of fused-ring (bicyclic) bond motifs is 1. The molecule has 7 nitrogen and oxygen atoms in total. The zero-order valence-corrected chi connectivity index (χ0v) is 13.2. The van der Waals surface area contributed by atoms with Crippen LogP contribution in [-0.4, -0.2) is 31.2 Å². The second-order valence-corrected chi connectivity index (χ2v) is 5.62. The van der Waals surface area contributed by atoms with Crippen molar-refractivity contribution >= 4 is 16.9 Å². The van der Waals surface area contributed by atoms with Gasteiger partial charge in [-0.15, -0.1) is 0 Å². The number of aromatic hydroxyl groups is 1. The van der Waals surface area contributed by atoms with Gasteiger partial charge in [-0.25, -0.2) is 4.98 Å². The molecule has 4 rings (SSSR count). The normalized spacial score (nSPS) is 10.9. The molecule has 1 aromatic carbocycles. The Bertz CT molecular complexity index is 1030. The smallest absolute Gasteiger partial charge is 0.253 e. The number of aromatic nitrogens is 4. The molecule has 0 aliphatic rings. The summed E-state index contributed by atoms with van der Waals surface area (Å²) in [7, 11) is 0. The van der Waals surface area contributed by atoms with Crippen LogP contribution in [0.25, 0.3) is 22.4 Å². The Morgan fingerprint density at radius 3 is 2.88 bits per heavy atom. The zero-order valence-electron chi connectivity index (χ0n) is 13.2. The van der Waals surface area contributed by atoms with E-state index in [1.807, 2.05) is 12.1 Å². The monoisotopic (exact) mass is 333 g/mol. The summed E-state index contributed by atoms with van der Waals surface area (Å²) in [6.07, 6.45) is 3.34. The summed E-state index contributed by atoms with van der Waals surface area (Å²) in [5.74, 6) is 0.0177. The van der Waals surface area contributed by atoms with Gasteiger partial charge in [0.05, 0.1) is 17.0 Å². The lowest BCUT2D eigenvalue weighted by Gasteiger charge is -2.04. The largest absolute Gasteiger partial charge is 0.508 e. The predicted octanol–water partition coefficient (Wildman–Crippen LogP) is 2.59. The number of hydrogen-bond donors (Lipinski definition) is 4. The predicted molar refractivity (Wildman–Crippen MR) is 93.0 cm³/mol. The molecule has 0 spiro atoms. The molecule has 0 atom stereocenters. The fraction of sp³-hybridized carbons (Fsp3) is 0.0556. The highest BCUT2D eigenvalue weighted by molar-refractivity contribution is 5.97. The number of H-pyrrole nitrogens is 2. The lowest BCUT2D eigenvalue weighted by atomic mass is 10.2. The van der Waals surface area contributed by atoms with Gasteiger partial charge in [-0.05, 0) is 35.9 Å². The first-order chi connectivity index (χ1) is 12.2. The third-order valence-electron chi connectivity index (χ3n) is 3.93. The maximum Gasteiger partial charge on any atom is 0.253 e. The zero-order chi connectivity index (χ0) is 17.2. The van der Waals surface area contributed by atoms with Gasteiger partial charge in [-0.2, -0.15) is 5.10 Å². The maximum atomic E-state index is 12.3. The number of nitrogens with one attached hydrogen (secondary N) is 3. The van der Waals surface area contributed by atoms with E-state index in [2.05, 4.69) is 25.5 Å². The molecule has 0 unspecified atom stereocenters. The number of phenols is 1. The fourth-order valence-corrected chi connectivity index (χ4v) is 2.62. The van der Waals surface area contributed by atoms with Gasteiger partial charge in [0.2, 0.25) is 0 Å². The number of benzene rings is 1. The summed E-state index contributed by atoms with van der Waals surface area (Å²) in [5.41, 5.74) is 3.63. The molecule has 4 N–H and O–H groups in total. The fourth-order valence-electron chi connectivity index (χ4n) is 2.62. The molecule has 0 aliphatic carbocycles. The molecular formula is C18H15N5O2. The highest BCUT2D eigenvalue weighted by Gasteiger charge is 2.13. The van der Waals surface area contributed by atoms with Crippen LogP contribution in [-0.2, 0) is 6.54 Å². The number of phenolic OH excluding ortho intramolecular Hbond substituents is 1. The van der Waals surface area contributed by atoms with Crippen LogP contribution in [0.5, 0.6) is 5.75 Å². The Hall–Kier alpha value is -3.61. The number of carbonyl (C=O) groups excluding carboxylic acids is 1. The van der Waals surface area contributed by atoms with Gasteiger partial charge in [0, 0.05) is 24.3 Å². The standard InChI is InChI=1S/C18H15N5O2/c24-13-5-3-11(4-6-13)9-21-18(25)12-8-15(20-10-12)16-14-2-1-7-19-17(14)23-22-16/h1-8,10,20,24H,9H2,(H,21,25)(H,19,22,23). The second kappa shape index (κ2) is 6.12. The van der Waals surface area contributed by atoms with Crippen molar-refractivity contribution < 1.29 is 9.90 Å². The van der Waals surface area contributed by atoms with Gasteiger partial charge in [0.25, 0.3) is 5.91 Å². The number of pyridine rings is 1. The van der Waals surface area contributed by atoms with Gasteiger partial charge < -0.3 is 15.4 Å². The van der Waals surface area contributed by atoms with E-state index < -0.39 is 0 Å². The van der Waals surface area contributed by atoms with E-state index in [-0.39, 0.29) is 11.7 Å². The Morgan fingerprint density at radius 1 is 1.20 bits per heavy atom. The van der Waals surface area contributed by atoms with Crippen LogP contribution in [0.1, 0.15) is 15.9 Å². The molecule has 0 radical (unpaired) electrons. The molecule has 0 bridgehead atoms. The minimum absolute atomic E-state index is 0.183. The molecule has 3 aromatic heterocycles.